The Hall–Kier alpha value is -3.21. The molecule has 1 fully saturated rings. The molecule has 3 aromatic rings. The second-order valence-electron chi connectivity index (χ2n) is 10.1. The maximum absolute atomic E-state index is 12.6. The smallest absolute Gasteiger partial charge is 0.243 e. The Morgan fingerprint density at radius 3 is 2.27 bits per heavy atom. The van der Waals surface area contributed by atoms with Gasteiger partial charge in [0.15, 0.2) is 6.29 Å². The number of aliphatic hydroxyl groups excluding tert-OH is 1. The number of carbonyl (C=O) groups is 2. The zero-order chi connectivity index (χ0) is 28.9. The highest BCUT2D eigenvalue weighted by molar-refractivity contribution is 7.99. The Morgan fingerprint density at radius 2 is 1.56 bits per heavy atom. The predicted molar refractivity (Wildman–Crippen MR) is 158 cm³/mol. The number of aliphatic hydroxyl groups is 1. The number of amides is 2. The molecule has 8 nitrogen and oxygen atoms in total. The lowest BCUT2D eigenvalue weighted by Gasteiger charge is -2.36. The molecule has 0 bridgehead atoms. The van der Waals surface area contributed by atoms with Gasteiger partial charge in [-0.25, -0.2) is 5.48 Å². The van der Waals surface area contributed by atoms with Gasteiger partial charge in [-0.15, -0.1) is 11.8 Å². The number of hydroxylamine groups is 1. The van der Waals surface area contributed by atoms with Gasteiger partial charge in [-0.3, -0.25) is 14.8 Å². The molecule has 3 aromatic carbocycles. The number of rotatable bonds is 14. The summed E-state index contributed by atoms with van der Waals surface area (Å²) in [5, 5.41) is 21.0. The standard InChI is InChI=1S/C32H38N2O6S/c35-21-23-15-17-24(18-16-23)29-20-27(22-41-28-11-4-3-5-12-28)39-32(40-29)25-9-8-10-26(19-25)33-30(36)13-6-1-2-7-14-31(37)34-38/h3-5,8-12,15-19,27,29,32,35,38H,1-2,6-7,13-14,20-22H2,(H,33,36)(H,34,37)/t27-,29+,32+/m0/s1. The van der Waals surface area contributed by atoms with Gasteiger partial charge in [-0.2, -0.15) is 0 Å². The lowest BCUT2D eigenvalue weighted by molar-refractivity contribution is -0.245. The van der Waals surface area contributed by atoms with Crippen molar-refractivity contribution in [2.24, 2.45) is 0 Å². The third-order valence-electron chi connectivity index (χ3n) is 6.92. The molecule has 3 atom stereocenters. The normalized spacial score (nSPS) is 18.5. The number of benzene rings is 3. The summed E-state index contributed by atoms with van der Waals surface area (Å²) in [7, 11) is 0. The van der Waals surface area contributed by atoms with Crippen LogP contribution >= 0.6 is 11.8 Å². The summed E-state index contributed by atoms with van der Waals surface area (Å²) in [6.45, 7) is -0.00422. The summed E-state index contributed by atoms with van der Waals surface area (Å²) in [6, 6.07) is 25.7. The van der Waals surface area contributed by atoms with Gasteiger partial charge in [-0.1, -0.05) is 67.4 Å². The van der Waals surface area contributed by atoms with Crippen molar-refractivity contribution in [1.82, 2.24) is 5.48 Å². The van der Waals surface area contributed by atoms with Gasteiger partial charge in [-0.05, 0) is 48.2 Å². The highest BCUT2D eigenvalue weighted by Crippen LogP contribution is 2.40. The largest absolute Gasteiger partial charge is 0.392 e. The number of hydrogen-bond donors (Lipinski definition) is 4. The number of nitrogens with one attached hydrogen (secondary N) is 2. The maximum atomic E-state index is 12.6. The first-order valence-electron chi connectivity index (χ1n) is 14.0. The minimum atomic E-state index is -0.597. The van der Waals surface area contributed by atoms with Crippen LogP contribution in [0.3, 0.4) is 0 Å². The van der Waals surface area contributed by atoms with E-state index >= 15 is 0 Å². The van der Waals surface area contributed by atoms with Crippen molar-refractivity contribution in [3.8, 4) is 0 Å². The van der Waals surface area contributed by atoms with Gasteiger partial charge in [0.25, 0.3) is 0 Å². The van der Waals surface area contributed by atoms with Crippen molar-refractivity contribution in [1.29, 1.82) is 0 Å². The Bertz CT molecular complexity index is 1240. The zero-order valence-corrected chi connectivity index (χ0v) is 23.9. The molecule has 0 radical (unpaired) electrons. The molecule has 1 aliphatic heterocycles. The van der Waals surface area contributed by atoms with Crippen molar-refractivity contribution in [2.45, 2.75) is 74.9 Å². The van der Waals surface area contributed by atoms with Crippen LogP contribution in [0.5, 0.6) is 0 Å². The van der Waals surface area contributed by atoms with Crippen LogP contribution in [-0.4, -0.2) is 34.0 Å². The average Bonchev–Trinajstić information content (AvgIpc) is 3.02. The molecule has 9 heteroatoms. The van der Waals surface area contributed by atoms with Gasteiger partial charge in [0.05, 0.1) is 18.8 Å². The van der Waals surface area contributed by atoms with Gasteiger partial charge >= 0.3 is 0 Å². The van der Waals surface area contributed by atoms with Crippen LogP contribution in [0.1, 0.15) is 74.0 Å². The number of anilines is 1. The molecule has 4 rings (SSSR count). The number of thioether (sulfide) groups is 1. The SMILES string of the molecule is O=C(CCCCCCC(=O)Nc1cccc([C@@H]2O[C@H](CSc3ccccc3)C[C@H](c3ccc(CO)cc3)O2)c1)NO. The average molecular weight is 579 g/mol. The minimum absolute atomic E-state index is 0.00422. The first-order valence-corrected chi connectivity index (χ1v) is 15.0. The molecule has 0 aromatic heterocycles. The van der Waals surface area contributed by atoms with Gasteiger partial charge in [0.1, 0.15) is 0 Å². The van der Waals surface area contributed by atoms with E-state index in [2.05, 4.69) is 17.4 Å². The molecule has 1 aliphatic rings. The van der Waals surface area contributed by atoms with Crippen molar-refractivity contribution in [2.75, 3.05) is 11.1 Å². The quantitative estimate of drug-likeness (QED) is 0.0767. The Morgan fingerprint density at radius 1 is 0.829 bits per heavy atom. The van der Waals surface area contributed by atoms with Crippen LogP contribution in [0.4, 0.5) is 5.69 Å². The maximum Gasteiger partial charge on any atom is 0.243 e. The van der Waals surface area contributed by atoms with Gasteiger partial charge in [0.2, 0.25) is 11.8 Å². The molecular weight excluding hydrogens is 540 g/mol. The van der Waals surface area contributed by atoms with Crippen LogP contribution in [0.2, 0.25) is 0 Å². The molecular formula is C32H38N2O6S. The lowest BCUT2D eigenvalue weighted by Crippen LogP contribution is -2.31. The highest BCUT2D eigenvalue weighted by atomic mass is 32.2. The van der Waals surface area contributed by atoms with Crippen LogP contribution in [0, 0.1) is 0 Å². The first-order chi connectivity index (χ1) is 20.0. The predicted octanol–water partition coefficient (Wildman–Crippen LogP) is 6.30. The number of carbonyl (C=O) groups excluding carboxylic acids is 2. The second-order valence-corrected chi connectivity index (χ2v) is 11.2. The van der Waals surface area contributed by atoms with Crippen LogP contribution < -0.4 is 10.8 Å². The summed E-state index contributed by atoms with van der Waals surface area (Å²) in [5.41, 5.74) is 5.03. The second kappa shape index (κ2) is 16.3. The van der Waals surface area contributed by atoms with Crippen molar-refractivity contribution in [3.63, 3.8) is 0 Å². The van der Waals surface area contributed by atoms with Crippen LogP contribution in [0.15, 0.2) is 83.8 Å². The summed E-state index contributed by atoms with van der Waals surface area (Å²) in [5.74, 6) is 0.316. The fourth-order valence-corrected chi connectivity index (χ4v) is 5.64. The van der Waals surface area contributed by atoms with E-state index in [1.165, 1.54) is 4.90 Å². The van der Waals surface area contributed by atoms with Crippen molar-refractivity contribution < 1.29 is 29.4 Å². The first kappa shape index (κ1) is 30.7. The summed E-state index contributed by atoms with van der Waals surface area (Å²) in [6.07, 6.45) is 3.59. The number of hydrogen-bond acceptors (Lipinski definition) is 7. The van der Waals surface area contributed by atoms with E-state index in [1.807, 2.05) is 66.7 Å². The van der Waals surface area contributed by atoms with Crippen molar-refractivity contribution in [3.05, 3.63) is 95.6 Å². The van der Waals surface area contributed by atoms with E-state index < -0.39 is 6.29 Å². The molecule has 0 spiro atoms. The molecule has 0 saturated carbocycles. The number of unbranched alkanes of at least 4 members (excludes halogenated alkanes) is 3. The van der Waals surface area contributed by atoms with E-state index in [-0.39, 0.29) is 37.0 Å². The third-order valence-corrected chi connectivity index (χ3v) is 8.06. The summed E-state index contributed by atoms with van der Waals surface area (Å²) < 4.78 is 12.9. The monoisotopic (exact) mass is 578 g/mol. The molecule has 0 aliphatic carbocycles. The molecule has 1 saturated heterocycles. The van der Waals surface area contributed by atoms with Gasteiger partial charge < -0.3 is 19.9 Å². The molecule has 1 heterocycles. The van der Waals surface area contributed by atoms with Crippen molar-refractivity contribution >= 4 is 29.3 Å². The molecule has 2 amide bonds. The van der Waals surface area contributed by atoms with E-state index in [1.54, 1.807) is 17.2 Å². The Balaban J connectivity index is 1.37. The zero-order valence-electron chi connectivity index (χ0n) is 23.0. The number of ether oxygens (including phenoxy) is 2. The van der Waals surface area contributed by atoms with Crippen LogP contribution in [-0.2, 0) is 25.7 Å². The third kappa shape index (κ3) is 9.98. The highest BCUT2D eigenvalue weighted by Gasteiger charge is 2.32. The Labute approximate surface area is 245 Å². The van der Waals surface area contributed by atoms with Crippen LogP contribution in [0.25, 0.3) is 0 Å². The van der Waals surface area contributed by atoms with E-state index in [0.717, 1.165) is 41.7 Å². The molecule has 218 valence electrons. The molecule has 4 N–H and O–H groups in total. The topological polar surface area (TPSA) is 117 Å². The summed E-state index contributed by atoms with van der Waals surface area (Å²) >= 11 is 1.75. The van der Waals surface area contributed by atoms with E-state index in [9.17, 15) is 14.7 Å². The van der Waals surface area contributed by atoms with E-state index in [0.29, 0.717) is 24.9 Å². The molecule has 41 heavy (non-hydrogen) atoms. The minimum Gasteiger partial charge on any atom is -0.392 e. The Kier molecular flexibility index (Phi) is 12.2. The fraction of sp³-hybridized carbons (Fsp3) is 0.375. The van der Waals surface area contributed by atoms with Gasteiger partial charge in [0, 0.05) is 41.2 Å². The summed E-state index contributed by atoms with van der Waals surface area (Å²) in [4.78, 5) is 24.8. The van der Waals surface area contributed by atoms with E-state index in [4.69, 9.17) is 14.7 Å². The lowest BCUT2D eigenvalue weighted by atomic mass is 10.0. The molecule has 0 unspecified atom stereocenters. The fourth-order valence-electron chi connectivity index (χ4n) is 4.70.